The summed E-state index contributed by atoms with van der Waals surface area (Å²) in [5, 5.41) is 3.89. The van der Waals surface area contributed by atoms with Gasteiger partial charge in [-0.2, -0.15) is 0 Å². The van der Waals surface area contributed by atoms with Crippen LogP contribution in [0, 0.1) is 5.92 Å². The van der Waals surface area contributed by atoms with Crippen LogP contribution in [0.1, 0.15) is 19.3 Å². The third kappa shape index (κ3) is 6.24. The summed E-state index contributed by atoms with van der Waals surface area (Å²) in [6.07, 6.45) is 3.16. The molecule has 0 bridgehead atoms. The van der Waals surface area contributed by atoms with Crippen LogP contribution in [-0.4, -0.2) is 66.4 Å². The number of benzene rings is 2. The summed E-state index contributed by atoms with van der Waals surface area (Å²) in [5.74, 6) is 1.37. The van der Waals surface area contributed by atoms with Gasteiger partial charge in [0.25, 0.3) is 5.56 Å². The molecular weight excluding hydrogens is 480 g/mol. The fourth-order valence-electron chi connectivity index (χ4n) is 4.37. The van der Waals surface area contributed by atoms with E-state index in [1.807, 2.05) is 12.1 Å². The lowest BCUT2D eigenvalue weighted by atomic mass is 10.1. The Morgan fingerprint density at radius 1 is 1.17 bits per heavy atom. The number of carbonyl (C=O) groups is 1. The van der Waals surface area contributed by atoms with Crippen molar-refractivity contribution < 1.29 is 14.3 Å². The molecule has 0 unspecified atom stereocenters. The number of hydrogen-bond donors (Lipinski definition) is 1. The second-order valence-corrected chi connectivity index (χ2v) is 9.86. The average Bonchev–Trinajstić information content (AvgIpc) is 3.72. The van der Waals surface area contributed by atoms with Crippen molar-refractivity contribution >= 4 is 28.4 Å². The zero-order valence-electron chi connectivity index (χ0n) is 20.2. The van der Waals surface area contributed by atoms with Crippen LogP contribution in [-0.2, 0) is 16.1 Å². The van der Waals surface area contributed by atoms with Crippen LogP contribution in [0.2, 0.25) is 5.02 Å². The molecule has 3 aromatic rings. The minimum atomic E-state index is -0.282. The molecule has 1 saturated heterocycles. The first kappa shape index (κ1) is 24.7. The van der Waals surface area contributed by atoms with Crippen molar-refractivity contribution in [3.63, 3.8) is 0 Å². The molecule has 36 heavy (non-hydrogen) atoms. The molecule has 1 N–H and O–H groups in total. The van der Waals surface area contributed by atoms with E-state index in [2.05, 4.69) is 10.2 Å². The Labute approximate surface area is 215 Å². The molecule has 190 valence electrons. The van der Waals surface area contributed by atoms with Crippen LogP contribution in [0.15, 0.2) is 47.3 Å². The summed E-state index contributed by atoms with van der Waals surface area (Å²) in [6.45, 7) is 5.49. The van der Waals surface area contributed by atoms with E-state index in [0.29, 0.717) is 52.1 Å². The van der Waals surface area contributed by atoms with Gasteiger partial charge in [-0.25, -0.2) is 4.98 Å². The highest BCUT2D eigenvalue weighted by atomic mass is 35.5. The smallest absolute Gasteiger partial charge is 0.262 e. The molecule has 1 saturated carbocycles. The summed E-state index contributed by atoms with van der Waals surface area (Å²) >= 11 is 6.21. The maximum Gasteiger partial charge on any atom is 0.262 e. The third-order valence-corrected chi connectivity index (χ3v) is 6.82. The normalized spacial score (nSPS) is 16.2. The second kappa shape index (κ2) is 11.4. The average molecular weight is 511 g/mol. The zero-order chi connectivity index (χ0) is 24.9. The Balaban J connectivity index is 1.37. The molecule has 5 rings (SSSR count). The lowest BCUT2D eigenvalue weighted by molar-refractivity contribution is -0.121. The minimum absolute atomic E-state index is 0.110. The van der Waals surface area contributed by atoms with Gasteiger partial charge in [-0.15, -0.1) is 0 Å². The van der Waals surface area contributed by atoms with Gasteiger partial charge in [-0.1, -0.05) is 23.7 Å². The molecule has 9 heteroatoms. The van der Waals surface area contributed by atoms with Gasteiger partial charge in [-0.05, 0) is 55.5 Å². The van der Waals surface area contributed by atoms with Crippen LogP contribution in [0.25, 0.3) is 22.3 Å². The van der Waals surface area contributed by atoms with Crippen molar-refractivity contribution in [2.75, 3.05) is 46.0 Å². The Kier molecular flexibility index (Phi) is 7.84. The first-order valence-electron chi connectivity index (χ1n) is 12.6. The van der Waals surface area contributed by atoms with E-state index in [4.69, 9.17) is 26.1 Å². The van der Waals surface area contributed by atoms with Gasteiger partial charge in [0.15, 0.2) is 0 Å². The van der Waals surface area contributed by atoms with Gasteiger partial charge in [0.1, 0.15) is 18.1 Å². The fourth-order valence-corrected chi connectivity index (χ4v) is 4.56. The van der Waals surface area contributed by atoms with Crippen LogP contribution in [0.5, 0.6) is 5.75 Å². The number of hydrogen-bond acceptors (Lipinski definition) is 6. The summed E-state index contributed by atoms with van der Waals surface area (Å²) in [7, 11) is 0. The molecular formula is C27H31ClN4O4. The number of fused-ring (bicyclic) bond motifs is 1. The molecule has 2 heterocycles. The third-order valence-electron chi connectivity index (χ3n) is 6.59. The number of rotatable bonds is 10. The SMILES string of the molecule is O=C(Cn1c(-c2cccc(Cl)c2)nc2ccc(OCCCN3CCOCC3)cc2c1=O)NCC1CC1. The van der Waals surface area contributed by atoms with Gasteiger partial charge in [-0.3, -0.25) is 19.1 Å². The summed E-state index contributed by atoms with van der Waals surface area (Å²) < 4.78 is 12.8. The van der Waals surface area contributed by atoms with Gasteiger partial charge < -0.3 is 14.8 Å². The van der Waals surface area contributed by atoms with Gasteiger partial charge in [0.2, 0.25) is 5.91 Å². The van der Waals surface area contributed by atoms with Crippen LogP contribution >= 0.6 is 11.6 Å². The van der Waals surface area contributed by atoms with E-state index in [9.17, 15) is 9.59 Å². The minimum Gasteiger partial charge on any atom is -0.494 e. The molecule has 0 spiro atoms. The van der Waals surface area contributed by atoms with Crippen molar-refractivity contribution in [2.24, 2.45) is 5.92 Å². The largest absolute Gasteiger partial charge is 0.494 e. The van der Waals surface area contributed by atoms with E-state index >= 15 is 0 Å². The van der Waals surface area contributed by atoms with Crippen molar-refractivity contribution in [3.05, 3.63) is 57.8 Å². The van der Waals surface area contributed by atoms with E-state index < -0.39 is 0 Å². The predicted octanol–water partition coefficient (Wildman–Crippen LogP) is 3.34. The quantitative estimate of drug-likeness (QED) is 0.421. The van der Waals surface area contributed by atoms with Gasteiger partial charge in [0, 0.05) is 36.8 Å². The highest BCUT2D eigenvalue weighted by Crippen LogP contribution is 2.27. The zero-order valence-corrected chi connectivity index (χ0v) is 21.0. The molecule has 2 aromatic carbocycles. The maximum absolute atomic E-state index is 13.6. The fraction of sp³-hybridized carbons (Fsp3) is 0.444. The number of carbonyl (C=O) groups excluding carboxylic acids is 1. The van der Waals surface area contributed by atoms with Crippen LogP contribution < -0.4 is 15.6 Å². The molecule has 2 aliphatic rings. The maximum atomic E-state index is 13.6. The molecule has 1 aliphatic heterocycles. The first-order valence-corrected chi connectivity index (χ1v) is 12.9. The van der Waals surface area contributed by atoms with E-state index in [1.54, 1.807) is 30.3 Å². The highest BCUT2D eigenvalue weighted by Gasteiger charge is 2.22. The molecule has 1 aromatic heterocycles. The Hall–Kier alpha value is -2.94. The highest BCUT2D eigenvalue weighted by molar-refractivity contribution is 6.30. The monoisotopic (exact) mass is 510 g/mol. The van der Waals surface area contributed by atoms with Crippen LogP contribution in [0.3, 0.4) is 0 Å². The van der Waals surface area contributed by atoms with E-state index in [-0.39, 0.29) is 18.0 Å². The van der Waals surface area contributed by atoms with Crippen molar-refractivity contribution in [1.29, 1.82) is 0 Å². The number of morpholine rings is 1. The molecule has 2 fully saturated rings. The molecule has 0 atom stereocenters. The number of nitrogens with one attached hydrogen (secondary N) is 1. The second-order valence-electron chi connectivity index (χ2n) is 9.42. The molecule has 1 amide bonds. The molecule has 8 nitrogen and oxygen atoms in total. The van der Waals surface area contributed by atoms with Gasteiger partial charge >= 0.3 is 0 Å². The number of ether oxygens (including phenoxy) is 2. The Morgan fingerprint density at radius 2 is 2.00 bits per heavy atom. The van der Waals surface area contributed by atoms with Crippen molar-refractivity contribution in [2.45, 2.75) is 25.8 Å². The van der Waals surface area contributed by atoms with Gasteiger partial charge in [0.05, 0.1) is 30.7 Å². The molecule has 0 radical (unpaired) electrons. The van der Waals surface area contributed by atoms with Crippen molar-refractivity contribution in [1.82, 2.24) is 19.8 Å². The summed E-state index contributed by atoms with van der Waals surface area (Å²) in [4.78, 5) is 33.4. The number of nitrogens with zero attached hydrogens (tertiary/aromatic N) is 3. The van der Waals surface area contributed by atoms with E-state index in [1.165, 1.54) is 4.57 Å². The number of halogens is 1. The lowest BCUT2D eigenvalue weighted by Crippen LogP contribution is -2.37. The predicted molar refractivity (Wildman–Crippen MR) is 140 cm³/mol. The number of amides is 1. The topological polar surface area (TPSA) is 85.7 Å². The Morgan fingerprint density at radius 3 is 2.78 bits per heavy atom. The summed E-state index contributed by atoms with van der Waals surface area (Å²) in [6, 6.07) is 12.5. The van der Waals surface area contributed by atoms with Crippen LogP contribution in [0.4, 0.5) is 0 Å². The Bertz CT molecular complexity index is 1280. The standard InChI is InChI=1S/C27H31ClN4O4/c28-21-4-1-3-20(15-21)26-30-24-8-7-22(36-12-2-9-31-10-13-35-14-11-31)16-23(24)27(34)32(26)18-25(33)29-17-19-5-6-19/h1,3-4,7-8,15-16,19H,2,5-6,9-14,17-18H2,(H,29,33). The first-order chi connectivity index (χ1) is 17.6. The summed E-state index contributed by atoms with van der Waals surface area (Å²) in [5.41, 5.74) is 0.945. The van der Waals surface area contributed by atoms with E-state index in [0.717, 1.165) is 52.1 Å². The lowest BCUT2D eigenvalue weighted by Gasteiger charge is -2.26. The number of aromatic nitrogens is 2. The van der Waals surface area contributed by atoms with Crippen molar-refractivity contribution in [3.8, 4) is 17.1 Å². The molecule has 1 aliphatic carbocycles.